The van der Waals surface area contributed by atoms with E-state index in [-0.39, 0.29) is 23.4 Å². The summed E-state index contributed by atoms with van der Waals surface area (Å²) in [5, 5.41) is 3.01. The first-order valence-corrected chi connectivity index (χ1v) is 15.4. The molecule has 3 rings (SSSR count). The Morgan fingerprint density at radius 1 is 0.850 bits per heavy atom. The first kappa shape index (κ1) is 30.9. The lowest BCUT2D eigenvalue weighted by atomic mass is 10.1. The van der Waals surface area contributed by atoms with Crippen LogP contribution in [0.3, 0.4) is 0 Å². The molecule has 0 fully saturated rings. The average molecular weight is 564 g/mol. The third kappa shape index (κ3) is 7.50. The number of nitrogens with zero attached hydrogens (tertiary/aromatic N) is 2. The van der Waals surface area contributed by atoms with E-state index < -0.39 is 28.5 Å². The van der Waals surface area contributed by atoms with Crippen LogP contribution in [-0.2, 0) is 32.6 Å². The highest BCUT2D eigenvalue weighted by atomic mass is 32.2. The summed E-state index contributed by atoms with van der Waals surface area (Å²) in [6.45, 7) is 9.45. The summed E-state index contributed by atoms with van der Waals surface area (Å²) in [6, 6.07) is 22.3. The van der Waals surface area contributed by atoms with E-state index in [2.05, 4.69) is 5.32 Å². The second-order valence-electron chi connectivity index (χ2n) is 10.1. The Labute approximate surface area is 239 Å². The van der Waals surface area contributed by atoms with Crippen molar-refractivity contribution in [3.05, 3.63) is 95.6 Å². The van der Waals surface area contributed by atoms with Crippen molar-refractivity contribution in [2.45, 2.75) is 77.4 Å². The first-order chi connectivity index (χ1) is 19.1. The zero-order chi connectivity index (χ0) is 29.3. The maximum atomic E-state index is 14.2. The summed E-state index contributed by atoms with van der Waals surface area (Å²) >= 11 is 0. The number of nitrogens with one attached hydrogen (secondary N) is 1. The number of amides is 2. The van der Waals surface area contributed by atoms with E-state index in [1.807, 2.05) is 71.0 Å². The number of carbonyl (C=O) groups excluding carboxylic acids is 2. The molecule has 0 saturated carbocycles. The number of anilines is 1. The Morgan fingerprint density at radius 3 is 2.08 bits per heavy atom. The highest BCUT2D eigenvalue weighted by molar-refractivity contribution is 7.92. The molecule has 0 spiro atoms. The van der Waals surface area contributed by atoms with E-state index in [4.69, 9.17) is 0 Å². The highest BCUT2D eigenvalue weighted by Crippen LogP contribution is 2.28. The molecular formula is C32H41N3O4S. The summed E-state index contributed by atoms with van der Waals surface area (Å²) in [5.74, 6) is -0.694. The third-order valence-electron chi connectivity index (χ3n) is 7.11. The Morgan fingerprint density at radius 2 is 1.48 bits per heavy atom. The zero-order valence-corrected chi connectivity index (χ0v) is 24.9. The van der Waals surface area contributed by atoms with Gasteiger partial charge in [-0.3, -0.25) is 13.9 Å². The van der Waals surface area contributed by atoms with Gasteiger partial charge in [0.2, 0.25) is 11.8 Å². The van der Waals surface area contributed by atoms with Crippen LogP contribution in [0, 0.1) is 6.92 Å². The molecule has 8 heteroatoms. The first-order valence-electron chi connectivity index (χ1n) is 13.9. The molecule has 0 bridgehead atoms. The van der Waals surface area contributed by atoms with Crippen molar-refractivity contribution in [2.24, 2.45) is 0 Å². The van der Waals surface area contributed by atoms with E-state index in [1.54, 1.807) is 30.3 Å². The van der Waals surface area contributed by atoms with Gasteiger partial charge in [-0.05, 0) is 62.4 Å². The van der Waals surface area contributed by atoms with Gasteiger partial charge in [-0.15, -0.1) is 0 Å². The van der Waals surface area contributed by atoms with Crippen LogP contribution in [0.15, 0.2) is 83.8 Å². The molecule has 7 nitrogen and oxygen atoms in total. The molecule has 1 N–H and O–H groups in total. The lowest BCUT2D eigenvalue weighted by Crippen LogP contribution is -2.53. The van der Waals surface area contributed by atoms with Gasteiger partial charge in [-0.2, -0.15) is 0 Å². The van der Waals surface area contributed by atoms with E-state index in [0.29, 0.717) is 18.5 Å². The maximum Gasteiger partial charge on any atom is 0.264 e. The number of hydrogen-bond acceptors (Lipinski definition) is 4. The molecule has 3 aromatic rings. The normalized spacial score (nSPS) is 12.8. The standard InChI is InChI=1S/C32H41N3O4S/c1-6-25(5)33-32(37)29(8-3)34(22-26-20-18-24(4)19-21-26)31(36)23-35(30-17-13-12-14-27(30)7-2)40(38,39)28-15-10-9-11-16-28/h9-21,25,29H,6-8,22-23H2,1-5H3,(H,33,37). The maximum absolute atomic E-state index is 14.2. The smallest absolute Gasteiger partial charge is 0.264 e. The summed E-state index contributed by atoms with van der Waals surface area (Å²) < 4.78 is 29.2. The molecule has 40 heavy (non-hydrogen) atoms. The van der Waals surface area contributed by atoms with Gasteiger partial charge in [-0.25, -0.2) is 8.42 Å². The van der Waals surface area contributed by atoms with Crippen LogP contribution in [0.2, 0.25) is 0 Å². The van der Waals surface area contributed by atoms with Crippen molar-refractivity contribution in [1.82, 2.24) is 10.2 Å². The van der Waals surface area contributed by atoms with Crippen molar-refractivity contribution in [3.8, 4) is 0 Å². The molecule has 0 aliphatic carbocycles. The van der Waals surface area contributed by atoms with Crippen LogP contribution in [0.5, 0.6) is 0 Å². The SMILES string of the molecule is CCc1ccccc1N(CC(=O)N(Cc1ccc(C)cc1)C(CC)C(=O)NC(C)CC)S(=O)(=O)c1ccccc1. The summed E-state index contributed by atoms with van der Waals surface area (Å²) in [5.41, 5.74) is 3.20. The number of hydrogen-bond donors (Lipinski definition) is 1. The van der Waals surface area contributed by atoms with Gasteiger partial charge in [0.15, 0.2) is 0 Å². The molecule has 0 radical (unpaired) electrons. The van der Waals surface area contributed by atoms with Gasteiger partial charge in [0.05, 0.1) is 10.6 Å². The molecule has 2 amide bonds. The Hall–Kier alpha value is -3.65. The number of benzene rings is 3. The average Bonchev–Trinajstić information content (AvgIpc) is 2.96. The van der Waals surface area contributed by atoms with Gasteiger partial charge < -0.3 is 10.2 Å². The Kier molecular flexibility index (Phi) is 10.9. The van der Waals surface area contributed by atoms with Crippen molar-refractivity contribution in [1.29, 1.82) is 0 Å². The minimum Gasteiger partial charge on any atom is -0.352 e. The van der Waals surface area contributed by atoms with Crippen LogP contribution < -0.4 is 9.62 Å². The lowest BCUT2D eigenvalue weighted by molar-refractivity contribution is -0.140. The molecule has 0 aliphatic rings. The number of para-hydroxylation sites is 1. The summed E-state index contributed by atoms with van der Waals surface area (Å²) in [7, 11) is -4.08. The lowest BCUT2D eigenvalue weighted by Gasteiger charge is -2.34. The van der Waals surface area contributed by atoms with Gasteiger partial charge >= 0.3 is 0 Å². The van der Waals surface area contributed by atoms with Crippen molar-refractivity contribution >= 4 is 27.5 Å². The van der Waals surface area contributed by atoms with Crippen molar-refractivity contribution < 1.29 is 18.0 Å². The second kappa shape index (κ2) is 14.1. The molecule has 3 aromatic carbocycles. The molecule has 214 valence electrons. The second-order valence-corrected chi connectivity index (χ2v) is 11.9. The predicted molar refractivity (Wildman–Crippen MR) is 160 cm³/mol. The van der Waals surface area contributed by atoms with E-state index in [9.17, 15) is 18.0 Å². The van der Waals surface area contributed by atoms with Gasteiger partial charge in [0.25, 0.3) is 10.0 Å². The molecule has 0 heterocycles. The fourth-order valence-electron chi connectivity index (χ4n) is 4.54. The molecule has 2 atom stereocenters. The van der Waals surface area contributed by atoms with Crippen LogP contribution in [0.25, 0.3) is 0 Å². The van der Waals surface area contributed by atoms with Crippen LogP contribution in [0.4, 0.5) is 5.69 Å². The minimum absolute atomic E-state index is 0.0516. The Balaban J connectivity index is 2.08. The largest absolute Gasteiger partial charge is 0.352 e. The van der Waals surface area contributed by atoms with Crippen molar-refractivity contribution in [3.63, 3.8) is 0 Å². The summed E-state index contributed by atoms with van der Waals surface area (Å²) in [4.78, 5) is 29.2. The van der Waals surface area contributed by atoms with E-state index in [0.717, 1.165) is 23.1 Å². The number of aryl methyl sites for hydroxylation is 2. The Bertz CT molecular complexity index is 1370. The quantitative estimate of drug-likeness (QED) is 0.299. The third-order valence-corrected chi connectivity index (χ3v) is 8.89. The van der Waals surface area contributed by atoms with Gasteiger partial charge in [-0.1, -0.05) is 87.0 Å². The van der Waals surface area contributed by atoms with Crippen LogP contribution in [-0.4, -0.2) is 43.8 Å². The molecule has 0 aromatic heterocycles. The van der Waals surface area contributed by atoms with Gasteiger partial charge in [0.1, 0.15) is 12.6 Å². The summed E-state index contributed by atoms with van der Waals surface area (Å²) in [6.07, 6.45) is 1.73. The molecule has 2 unspecified atom stereocenters. The van der Waals surface area contributed by atoms with E-state index in [1.165, 1.54) is 21.3 Å². The van der Waals surface area contributed by atoms with Crippen LogP contribution >= 0.6 is 0 Å². The number of carbonyl (C=O) groups is 2. The molecule has 0 aliphatic heterocycles. The van der Waals surface area contributed by atoms with Crippen LogP contribution in [0.1, 0.15) is 57.2 Å². The number of sulfonamides is 1. The topological polar surface area (TPSA) is 86.8 Å². The fourth-order valence-corrected chi connectivity index (χ4v) is 6.01. The van der Waals surface area contributed by atoms with Crippen molar-refractivity contribution in [2.75, 3.05) is 10.8 Å². The fraction of sp³-hybridized carbons (Fsp3) is 0.375. The number of rotatable bonds is 13. The minimum atomic E-state index is -4.08. The molecule has 0 saturated heterocycles. The predicted octanol–water partition coefficient (Wildman–Crippen LogP) is 5.47. The van der Waals surface area contributed by atoms with Gasteiger partial charge in [0, 0.05) is 12.6 Å². The highest BCUT2D eigenvalue weighted by Gasteiger charge is 2.34. The molecular weight excluding hydrogens is 522 g/mol. The zero-order valence-electron chi connectivity index (χ0n) is 24.1. The monoisotopic (exact) mass is 563 g/mol. The van der Waals surface area contributed by atoms with E-state index >= 15 is 0 Å².